The summed E-state index contributed by atoms with van der Waals surface area (Å²) in [5.41, 5.74) is 3.52. The van der Waals surface area contributed by atoms with Gasteiger partial charge in [-0.15, -0.1) is 5.10 Å². The van der Waals surface area contributed by atoms with Gasteiger partial charge in [-0.05, 0) is 67.5 Å². The Morgan fingerprint density at radius 1 is 1.16 bits per heavy atom. The molecule has 0 unspecified atom stereocenters. The maximum atomic E-state index is 13.6. The van der Waals surface area contributed by atoms with Crippen LogP contribution in [0.5, 0.6) is 0 Å². The van der Waals surface area contributed by atoms with Gasteiger partial charge in [0.05, 0.1) is 0 Å². The first-order valence-electron chi connectivity index (χ1n) is 10.4. The van der Waals surface area contributed by atoms with Crippen LogP contribution in [-0.4, -0.2) is 32.4 Å². The first kappa shape index (κ1) is 21.1. The number of nitrogens with zero attached hydrogens (tertiary/aromatic N) is 4. The van der Waals surface area contributed by atoms with E-state index < -0.39 is 6.04 Å². The van der Waals surface area contributed by atoms with E-state index in [2.05, 4.69) is 19.9 Å². The molecule has 1 aliphatic rings. The zero-order chi connectivity index (χ0) is 21.8. The molecular formula is C23H25N5O2S. The first-order chi connectivity index (χ1) is 15.0. The van der Waals surface area contributed by atoms with E-state index in [9.17, 15) is 9.59 Å². The minimum atomic E-state index is -0.871. The lowest BCUT2D eigenvalue weighted by atomic mass is 10.0. The third-order valence-corrected chi connectivity index (χ3v) is 6.00. The van der Waals surface area contributed by atoms with Gasteiger partial charge in [0, 0.05) is 35.1 Å². The van der Waals surface area contributed by atoms with Crippen LogP contribution in [0.4, 0.5) is 5.69 Å². The van der Waals surface area contributed by atoms with Crippen LogP contribution in [0.3, 0.4) is 0 Å². The summed E-state index contributed by atoms with van der Waals surface area (Å²) in [4.78, 5) is 32.9. The van der Waals surface area contributed by atoms with Gasteiger partial charge in [-0.2, -0.15) is 0 Å². The normalized spacial score (nSPS) is 14.9. The summed E-state index contributed by atoms with van der Waals surface area (Å²) in [5.74, 6) is -0.579. The summed E-state index contributed by atoms with van der Waals surface area (Å²) < 4.78 is 3.85. The summed E-state index contributed by atoms with van der Waals surface area (Å²) in [7, 11) is 0. The number of benzene rings is 1. The van der Waals surface area contributed by atoms with Crippen molar-refractivity contribution in [2.45, 2.75) is 51.6 Å². The summed E-state index contributed by atoms with van der Waals surface area (Å²) >= 11 is 1.11. The van der Waals surface area contributed by atoms with Crippen LogP contribution in [0.2, 0.25) is 0 Å². The number of nitrogens with one attached hydrogen (secondary N) is 1. The van der Waals surface area contributed by atoms with Crippen molar-refractivity contribution in [2.24, 2.45) is 0 Å². The van der Waals surface area contributed by atoms with Crippen molar-refractivity contribution in [1.29, 1.82) is 0 Å². The van der Waals surface area contributed by atoms with Crippen molar-refractivity contribution >= 4 is 29.0 Å². The second-order valence-electron chi connectivity index (χ2n) is 7.99. The Hall–Kier alpha value is -3.13. The number of anilines is 1. The Morgan fingerprint density at radius 3 is 2.52 bits per heavy atom. The molecule has 0 spiro atoms. The maximum Gasteiger partial charge on any atom is 0.280 e. The molecule has 1 fully saturated rings. The Kier molecular flexibility index (Phi) is 6.36. The van der Waals surface area contributed by atoms with Crippen LogP contribution in [0.15, 0.2) is 48.1 Å². The van der Waals surface area contributed by atoms with Gasteiger partial charge in [-0.3, -0.25) is 19.5 Å². The predicted molar refractivity (Wildman–Crippen MR) is 120 cm³/mol. The fourth-order valence-corrected chi connectivity index (χ4v) is 4.59. The molecule has 0 radical (unpaired) electrons. The van der Waals surface area contributed by atoms with E-state index in [1.54, 1.807) is 23.8 Å². The molecular weight excluding hydrogens is 410 g/mol. The lowest BCUT2D eigenvalue weighted by molar-refractivity contribution is -0.123. The van der Waals surface area contributed by atoms with Gasteiger partial charge in [0.25, 0.3) is 5.91 Å². The van der Waals surface area contributed by atoms with E-state index in [-0.39, 0.29) is 23.6 Å². The van der Waals surface area contributed by atoms with Crippen molar-refractivity contribution in [3.05, 3.63) is 70.5 Å². The summed E-state index contributed by atoms with van der Waals surface area (Å²) in [6.07, 6.45) is 7.42. The van der Waals surface area contributed by atoms with Gasteiger partial charge >= 0.3 is 0 Å². The zero-order valence-electron chi connectivity index (χ0n) is 17.6. The van der Waals surface area contributed by atoms with E-state index in [0.29, 0.717) is 11.3 Å². The summed E-state index contributed by atoms with van der Waals surface area (Å²) in [6, 6.07) is 8.73. The Balaban J connectivity index is 1.82. The smallest absolute Gasteiger partial charge is 0.280 e. The molecule has 3 aromatic rings. The van der Waals surface area contributed by atoms with Gasteiger partial charge in [0.2, 0.25) is 5.91 Å². The van der Waals surface area contributed by atoms with E-state index >= 15 is 0 Å². The molecule has 0 bridgehead atoms. The topological polar surface area (TPSA) is 88.1 Å². The zero-order valence-corrected chi connectivity index (χ0v) is 18.4. The van der Waals surface area contributed by atoms with Crippen molar-refractivity contribution < 1.29 is 9.59 Å². The highest BCUT2D eigenvalue weighted by molar-refractivity contribution is 7.03. The molecule has 4 rings (SSSR count). The van der Waals surface area contributed by atoms with E-state index in [1.165, 1.54) is 4.90 Å². The first-order valence-corrected chi connectivity index (χ1v) is 11.3. The van der Waals surface area contributed by atoms with E-state index in [4.69, 9.17) is 0 Å². The quantitative estimate of drug-likeness (QED) is 0.632. The van der Waals surface area contributed by atoms with Crippen molar-refractivity contribution in [1.82, 2.24) is 19.9 Å². The molecule has 1 atom stereocenters. The van der Waals surface area contributed by atoms with Crippen LogP contribution in [0.1, 0.15) is 58.9 Å². The fraction of sp³-hybridized carbons (Fsp3) is 0.348. The highest BCUT2D eigenvalue weighted by atomic mass is 32.1. The average molecular weight is 436 g/mol. The number of carbonyl (C=O) groups excluding carboxylic acids is 2. The van der Waals surface area contributed by atoms with Gasteiger partial charge in [0.1, 0.15) is 6.04 Å². The lowest BCUT2D eigenvalue weighted by Crippen LogP contribution is -2.46. The monoisotopic (exact) mass is 435 g/mol. The van der Waals surface area contributed by atoms with Crippen molar-refractivity contribution in [2.75, 3.05) is 4.90 Å². The van der Waals surface area contributed by atoms with Crippen LogP contribution in [-0.2, 0) is 4.79 Å². The maximum absolute atomic E-state index is 13.6. The van der Waals surface area contributed by atoms with Gasteiger partial charge < -0.3 is 5.32 Å². The Labute approximate surface area is 185 Å². The second-order valence-corrected chi connectivity index (χ2v) is 8.60. The highest BCUT2D eigenvalue weighted by Gasteiger charge is 2.36. The van der Waals surface area contributed by atoms with Gasteiger partial charge in [-0.1, -0.05) is 29.5 Å². The van der Waals surface area contributed by atoms with Crippen molar-refractivity contribution in [3.8, 4) is 0 Å². The molecule has 2 heterocycles. The molecule has 2 amide bonds. The molecule has 31 heavy (non-hydrogen) atoms. The minimum absolute atomic E-state index is 0.129. The number of rotatable bonds is 6. The molecule has 7 nitrogen and oxygen atoms in total. The molecule has 0 saturated heterocycles. The number of amides is 2. The summed E-state index contributed by atoms with van der Waals surface area (Å²) in [5, 5.41) is 8.74. The average Bonchev–Trinajstić information content (AvgIpc) is 3.45. The Bertz CT molecular complexity index is 1030. The largest absolute Gasteiger partial charge is 0.351 e. The second kappa shape index (κ2) is 9.34. The van der Waals surface area contributed by atoms with Crippen LogP contribution < -0.4 is 10.2 Å². The van der Waals surface area contributed by atoms with Crippen LogP contribution in [0.25, 0.3) is 0 Å². The van der Waals surface area contributed by atoms with Gasteiger partial charge in [-0.25, -0.2) is 0 Å². The fourth-order valence-electron chi connectivity index (χ4n) is 4.16. The molecule has 160 valence electrons. The number of aryl methyl sites for hydroxylation is 2. The molecule has 1 aliphatic carbocycles. The number of aromatic nitrogens is 3. The van der Waals surface area contributed by atoms with E-state index in [1.807, 2.05) is 38.1 Å². The molecule has 2 aromatic heterocycles. The standard InChI is InChI=1S/C23H25N5O2S/c1-15-10-16(2)12-19(11-15)28(23(30)20-14-31-27-26-20)21(17-6-5-9-24-13-17)22(29)25-18-7-3-4-8-18/h5-6,9-14,18,21H,3-4,7-8H2,1-2H3,(H,25,29)/t21-/m0/s1. The van der Waals surface area contributed by atoms with Gasteiger partial charge in [0.15, 0.2) is 5.69 Å². The third kappa shape index (κ3) is 4.80. The molecule has 1 N–H and O–H groups in total. The molecule has 8 heteroatoms. The van der Waals surface area contributed by atoms with E-state index in [0.717, 1.165) is 48.3 Å². The molecule has 0 aliphatic heterocycles. The van der Waals surface area contributed by atoms with Crippen LogP contribution in [0, 0.1) is 13.8 Å². The van der Waals surface area contributed by atoms with Crippen molar-refractivity contribution in [3.63, 3.8) is 0 Å². The Morgan fingerprint density at radius 2 is 1.90 bits per heavy atom. The highest BCUT2D eigenvalue weighted by Crippen LogP contribution is 2.31. The SMILES string of the molecule is Cc1cc(C)cc(N(C(=O)c2csnn2)[C@H](C(=O)NC2CCCC2)c2cccnc2)c1. The van der Waals surface area contributed by atoms with Crippen LogP contribution >= 0.6 is 11.5 Å². The molecule has 1 aromatic carbocycles. The number of carbonyl (C=O) groups is 2. The lowest BCUT2D eigenvalue weighted by Gasteiger charge is -2.32. The predicted octanol–water partition coefficient (Wildman–Crippen LogP) is 4.00. The molecule has 1 saturated carbocycles. The minimum Gasteiger partial charge on any atom is -0.351 e. The number of hydrogen-bond acceptors (Lipinski definition) is 6. The number of hydrogen-bond donors (Lipinski definition) is 1. The third-order valence-electron chi connectivity index (χ3n) is 5.49. The summed E-state index contributed by atoms with van der Waals surface area (Å²) in [6.45, 7) is 3.95. The number of pyridine rings is 1.